The van der Waals surface area contributed by atoms with Gasteiger partial charge in [-0.2, -0.15) is 17.5 Å². The molecular weight excluding hydrogens is 322 g/mol. The topological polar surface area (TPSA) is 17.1 Å². The second kappa shape index (κ2) is 8.33. The van der Waals surface area contributed by atoms with E-state index >= 15 is 0 Å². The third-order valence-electron chi connectivity index (χ3n) is 1.55. The van der Waals surface area contributed by atoms with Crippen molar-refractivity contribution < 1.29 is 45.3 Å². The van der Waals surface area contributed by atoms with Crippen molar-refractivity contribution in [3.63, 3.8) is 0 Å². The average molecular weight is 331 g/mol. The minimum absolute atomic E-state index is 0. The zero-order valence-electron chi connectivity index (χ0n) is 6.85. The second-order valence-corrected chi connectivity index (χ2v) is 2.15. The van der Waals surface area contributed by atoms with Gasteiger partial charge in [-0.05, 0) is 0 Å². The van der Waals surface area contributed by atoms with Gasteiger partial charge in [0.2, 0.25) is 0 Å². The fourth-order valence-corrected chi connectivity index (χ4v) is 1.07. The Balaban J connectivity index is 0. The molecule has 0 spiro atoms. The minimum atomic E-state index is 0. The monoisotopic (exact) mass is 330 g/mol. The van der Waals surface area contributed by atoms with Crippen molar-refractivity contribution in [1.82, 2.24) is 0 Å². The van der Waals surface area contributed by atoms with E-state index in [9.17, 15) is 0 Å². The van der Waals surface area contributed by atoms with Gasteiger partial charge in [0.15, 0.2) is 0 Å². The number of halogens is 1. The van der Waals surface area contributed by atoms with Crippen LogP contribution in [0.25, 0.3) is 10.8 Å². The van der Waals surface area contributed by atoms with Crippen molar-refractivity contribution in [1.29, 1.82) is 0 Å². The van der Waals surface area contributed by atoms with E-state index in [0.717, 1.165) is 0 Å². The van der Waals surface area contributed by atoms with Crippen LogP contribution in [0.3, 0.4) is 0 Å². The van der Waals surface area contributed by atoms with Gasteiger partial charge >= 0.3 is 16.5 Å². The number of fused-ring (bicyclic) bond motifs is 1. The van der Waals surface area contributed by atoms with E-state index < -0.39 is 0 Å². The zero-order chi connectivity index (χ0) is 8.10. The van der Waals surface area contributed by atoms with Crippen molar-refractivity contribution in [2.45, 2.75) is 0 Å². The molecule has 3 heteroatoms. The summed E-state index contributed by atoms with van der Waals surface area (Å²) in [6, 6.07) is 14.7. The first kappa shape index (κ1) is 15.2. The van der Waals surface area contributed by atoms with Crippen molar-refractivity contribution in [3.05, 3.63) is 42.5 Å². The Bertz CT molecular complexity index is 302. The van der Waals surface area contributed by atoms with E-state index in [1.54, 1.807) is 0 Å². The van der Waals surface area contributed by atoms with Gasteiger partial charge in [0.25, 0.3) is 0 Å². The average Bonchev–Trinajstić information content (AvgIpc) is 2.55. The molecule has 0 aromatic heterocycles. The SMILES string of the molecule is C=O.[I-].[Ni+2].c1ccc2[cH-]ccc2c1. The Morgan fingerprint density at radius 1 is 1.08 bits per heavy atom. The van der Waals surface area contributed by atoms with E-state index in [1.807, 2.05) is 6.79 Å². The second-order valence-electron chi connectivity index (χ2n) is 2.15. The van der Waals surface area contributed by atoms with Crippen molar-refractivity contribution in [3.8, 4) is 0 Å². The first-order valence-corrected chi connectivity index (χ1v) is 3.36. The largest absolute Gasteiger partial charge is 2.00 e. The Labute approximate surface area is 105 Å². The minimum Gasteiger partial charge on any atom is -1.00 e. The van der Waals surface area contributed by atoms with E-state index in [1.165, 1.54) is 10.8 Å². The number of hydrogen-bond acceptors (Lipinski definition) is 1. The molecule has 72 valence electrons. The maximum absolute atomic E-state index is 8.00. The van der Waals surface area contributed by atoms with Crippen LogP contribution < -0.4 is 24.0 Å². The van der Waals surface area contributed by atoms with Crippen LogP contribution in [-0.2, 0) is 21.3 Å². The van der Waals surface area contributed by atoms with Gasteiger partial charge in [0.05, 0.1) is 0 Å². The van der Waals surface area contributed by atoms with Crippen LogP contribution in [0.2, 0.25) is 0 Å². The molecule has 0 saturated heterocycles. The molecule has 0 aliphatic heterocycles. The Morgan fingerprint density at radius 2 is 1.69 bits per heavy atom. The number of carbonyl (C=O) groups excluding carboxylic acids is 1. The Hall–Kier alpha value is -0.276. The summed E-state index contributed by atoms with van der Waals surface area (Å²) in [5, 5.41) is 2.66. The molecule has 0 aliphatic rings. The molecule has 0 fully saturated rings. The Morgan fingerprint density at radius 3 is 2.31 bits per heavy atom. The summed E-state index contributed by atoms with van der Waals surface area (Å²) in [7, 11) is 0. The van der Waals surface area contributed by atoms with Crippen LogP contribution in [0.5, 0.6) is 0 Å². The molecule has 0 aliphatic carbocycles. The molecule has 0 saturated carbocycles. The number of benzene rings is 1. The molecule has 13 heavy (non-hydrogen) atoms. The molecule has 0 unspecified atom stereocenters. The molecular formula is C10H9INiO. The molecule has 2 aromatic carbocycles. The predicted octanol–water partition coefficient (Wildman–Crippen LogP) is -0.625. The quantitative estimate of drug-likeness (QED) is 0.357. The van der Waals surface area contributed by atoms with Crippen molar-refractivity contribution in [2.75, 3.05) is 0 Å². The van der Waals surface area contributed by atoms with Crippen LogP contribution in [0.15, 0.2) is 42.5 Å². The molecule has 1 nitrogen and oxygen atoms in total. The summed E-state index contributed by atoms with van der Waals surface area (Å²) in [6.45, 7) is 2.00. The fraction of sp³-hybridized carbons (Fsp3) is 0. The normalized spacial score (nSPS) is 7.38. The first-order chi connectivity index (χ1) is 5.47. The molecule has 0 atom stereocenters. The maximum Gasteiger partial charge on any atom is 2.00 e. The van der Waals surface area contributed by atoms with Gasteiger partial charge in [-0.25, -0.2) is 0 Å². The predicted molar refractivity (Wildman–Crippen MR) is 46.7 cm³/mol. The van der Waals surface area contributed by atoms with Crippen LogP contribution in [0.4, 0.5) is 0 Å². The van der Waals surface area contributed by atoms with Crippen LogP contribution in [-0.4, -0.2) is 6.79 Å². The standard InChI is InChI=1S/C9H7.CH2O.HI.Ni/c1-2-5-9-7-3-6-8(9)4-1;1-2;;/h1-7H;1H2;1H;/q-1;;;+2/p-1. The molecule has 0 radical (unpaired) electrons. The van der Waals surface area contributed by atoms with Gasteiger partial charge in [-0.1, -0.05) is 6.07 Å². The number of carbonyl (C=O) groups is 1. The van der Waals surface area contributed by atoms with Crippen molar-refractivity contribution >= 4 is 17.6 Å². The summed E-state index contributed by atoms with van der Waals surface area (Å²) in [5.41, 5.74) is 0. The summed E-state index contributed by atoms with van der Waals surface area (Å²) in [5.74, 6) is 0. The molecule has 2 rings (SSSR count). The van der Waals surface area contributed by atoms with Gasteiger partial charge in [-0.3, -0.25) is 0 Å². The third-order valence-corrected chi connectivity index (χ3v) is 1.55. The summed E-state index contributed by atoms with van der Waals surface area (Å²) < 4.78 is 0. The van der Waals surface area contributed by atoms with Crippen LogP contribution >= 0.6 is 0 Å². The zero-order valence-corrected chi connectivity index (χ0v) is 10.00. The van der Waals surface area contributed by atoms with Gasteiger partial charge < -0.3 is 28.8 Å². The van der Waals surface area contributed by atoms with Crippen LogP contribution in [0, 0.1) is 0 Å². The number of hydrogen-bond donors (Lipinski definition) is 0. The maximum atomic E-state index is 8.00. The third kappa shape index (κ3) is 3.96. The fourth-order valence-electron chi connectivity index (χ4n) is 1.07. The Kier molecular flexibility index (Phi) is 9.74. The molecule has 0 amide bonds. The molecule has 0 bridgehead atoms. The van der Waals surface area contributed by atoms with Crippen molar-refractivity contribution in [2.24, 2.45) is 0 Å². The molecule has 0 heterocycles. The summed E-state index contributed by atoms with van der Waals surface area (Å²) in [4.78, 5) is 8.00. The number of rotatable bonds is 0. The van der Waals surface area contributed by atoms with E-state index in [2.05, 4.69) is 42.5 Å². The first-order valence-electron chi connectivity index (χ1n) is 3.36. The molecule has 2 aromatic rings. The van der Waals surface area contributed by atoms with E-state index in [-0.39, 0.29) is 40.5 Å². The summed E-state index contributed by atoms with van der Waals surface area (Å²) in [6.07, 6.45) is 0. The van der Waals surface area contributed by atoms with Gasteiger partial charge in [0.1, 0.15) is 6.79 Å². The summed E-state index contributed by atoms with van der Waals surface area (Å²) >= 11 is 0. The van der Waals surface area contributed by atoms with E-state index in [4.69, 9.17) is 4.79 Å². The van der Waals surface area contributed by atoms with Gasteiger partial charge in [0, 0.05) is 0 Å². The van der Waals surface area contributed by atoms with Gasteiger partial charge in [-0.15, -0.1) is 29.7 Å². The van der Waals surface area contributed by atoms with Crippen LogP contribution in [0.1, 0.15) is 0 Å². The smallest absolute Gasteiger partial charge is 1.00 e. The van der Waals surface area contributed by atoms with E-state index in [0.29, 0.717) is 0 Å². The molecule has 0 N–H and O–H groups in total.